The molecule has 2 rings (SSSR count). The predicted molar refractivity (Wildman–Crippen MR) is 56.1 cm³/mol. The maximum absolute atomic E-state index is 12.0. The van der Waals surface area contributed by atoms with Crippen LogP contribution in [0.15, 0.2) is 24.3 Å². The number of carbonyl (C=O) groups excluding carboxylic acids is 1. The fourth-order valence-electron chi connectivity index (χ4n) is 2.06. The van der Waals surface area contributed by atoms with Gasteiger partial charge >= 0.3 is 0 Å². The highest BCUT2D eigenvalue weighted by molar-refractivity contribution is 6.06. The molecule has 0 aliphatic carbocycles. The van der Waals surface area contributed by atoms with Gasteiger partial charge in [0.2, 0.25) is 5.60 Å². The summed E-state index contributed by atoms with van der Waals surface area (Å²) in [5.74, 6) is -0.263. The van der Waals surface area contributed by atoms with Crippen LogP contribution in [-0.2, 0) is 10.4 Å². The Morgan fingerprint density at radius 1 is 1.47 bits per heavy atom. The number of fused-ring (bicyclic) bond motifs is 1. The summed E-state index contributed by atoms with van der Waals surface area (Å²) in [6, 6.07) is 7.33. The molecule has 1 heterocycles. The Balaban J connectivity index is 2.61. The van der Waals surface area contributed by atoms with Gasteiger partial charge in [-0.2, -0.15) is 0 Å². The molecule has 1 aliphatic rings. The lowest BCUT2D eigenvalue weighted by molar-refractivity contribution is -0.395. The van der Waals surface area contributed by atoms with E-state index in [0.717, 1.165) is 5.69 Å². The van der Waals surface area contributed by atoms with E-state index in [2.05, 4.69) is 5.73 Å². The van der Waals surface area contributed by atoms with Crippen LogP contribution in [0.4, 0.5) is 5.69 Å². The first kappa shape index (κ1) is 10.1. The Labute approximate surface area is 88.3 Å². The molecule has 15 heavy (non-hydrogen) atoms. The minimum Gasteiger partial charge on any atom is -0.371 e. The van der Waals surface area contributed by atoms with E-state index in [1.807, 2.05) is 25.1 Å². The molecule has 1 aliphatic heterocycles. The van der Waals surface area contributed by atoms with E-state index >= 15 is 0 Å². The number of aliphatic hydroxyl groups is 1. The third-order valence-corrected chi connectivity index (χ3v) is 2.92. The number of quaternary nitrogens is 1. The molecule has 1 aromatic rings. The quantitative estimate of drug-likeness (QED) is 0.685. The van der Waals surface area contributed by atoms with Crippen LogP contribution in [0.2, 0.25) is 0 Å². The summed E-state index contributed by atoms with van der Waals surface area (Å²) in [5.41, 5.74) is 3.71. The van der Waals surface area contributed by atoms with Crippen molar-refractivity contribution >= 4 is 11.6 Å². The molecule has 4 N–H and O–H groups in total. The molecule has 0 fully saturated rings. The van der Waals surface area contributed by atoms with Crippen molar-refractivity contribution in [3.63, 3.8) is 0 Å². The van der Waals surface area contributed by atoms with Crippen LogP contribution in [0.1, 0.15) is 12.5 Å². The van der Waals surface area contributed by atoms with Crippen molar-refractivity contribution in [3.8, 4) is 0 Å². The number of likely N-dealkylation sites (N-methyl/N-ethyl adjacent to an activating group) is 1. The normalized spacial score (nSPS) is 24.5. The lowest BCUT2D eigenvalue weighted by atomic mass is 9.96. The van der Waals surface area contributed by atoms with Crippen LogP contribution in [0.3, 0.4) is 0 Å². The number of hydrogen-bond donors (Lipinski definition) is 2. The first-order chi connectivity index (χ1) is 7.15. The third kappa shape index (κ3) is 1.19. The number of para-hydroxylation sites is 1. The van der Waals surface area contributed by atoms with E-state index in [4.69, 9.17) is 0 Å². The maximum Gasteiger partial charge on any atom is 0.269 e. The summed E-state index contributed by atoms with van der Waals surface area (Å²) in [6.07, 6.45) is 0. The molecular formula is C11H15N2O2+. The van der Waals surface area contributed by atoms with Gasteiger partial charge < -0.3 is 15.7 Å². The van der Waals surface area contributed by atoms with Crippen LogP contribution in [-0.4, -0.2) is 24.1 Å². The van der Waals surface area contributed by atoms with E-state index < -0.39 is 5.60 Å². The van der Waals surface area contributed by atoms with Gasteiger partial charge in [0.15, 0.2) is 0 Å². The second kappa shape index (κ2) is 3.32. The molecule has 1 aromatic carbocycles. The Kier molecular flexibility index (Phi) is 2.25. The summed E-state index contributed by atoms with van der Waals surface area (Å²) < 4.78 is 0. The minimum absolute atomic E-state index is 0.166. The van der Waals surface area contributed by atoms with Crippen molar-refractivity contribution in [2.24, 2.45) is 0 Å². The minimum atomic E-state index is -1.42. The van der Waals surface area contributed by atoms with Gasteiger partial charge in [0.05, 0.1) is 5.69 Å². The van der Waals surface area contributed by atoms with Crippen molar-refractivity contribution in [1.82, 2.24) is 0 Å². The lowest BCUT2D eigenvalue weighted by Crippen LogP contribution is -2.63. The first-order valence-corrected chi connectivity index (χ1v) is 5.08. The van der Waals surface area contributed by atoms with Crippen molar-refractivity contribution in [3.05, 3.63) is 29.8 Å². The van der Waals surface area contributed by atoms with Crippen LogP contribution in [0.25, 0.3) is 0 Å². The number of benzene rings is 1. The molecule has 80 valence electrons. The summed E-state index contributed by atoms with van der Waals surface area (Å²) >= 11 is 0. The lowest BCUT2D eigenvalue weighted by Gasteiger charge is -2.18. The molecule has 0 aromatic heterocycles. The second-order valence-electron chi connectivity index (χ2n) is 3.68. The van der Waals surface area contributed by atoms with Gasteiger partial charge in [-0.1, -0.05) is 18.2 Å². The Bertz CT molecular complexity index is 405. The van der Waals surface area contributed by atoms with Gasteiger partial charge in [-0.3, -0.25) is 4.79 Å². The van der Waals surface area contributed by atoms with Crippen molar-refractivity contribution < 1.29 is 15.6 Å². The van der Waals surface area contributed by atoms with Gasteiger partial charge in [0.25, 0.3) is 5.91 Å². The number of anilines is 1. The zero-order valence-electron chi connectivity index (χ0n) is 8.73. The molecular weight excluding hydrogens is 192 g/mol. The Morgan fingerprint density at radius 3 is 2.73 bits per heavy atom. The van der Waals surface area contributed by atoms with E-state index in [9.17, 15) is 9.90 Å². The van der Waals surface area contributed by atoms with Gasteiger partial charge in [0, 0.05) is 12.1 Å². The number of nitrogens with zero attached hydrogens (tertiary/aromatic N) is 1. The SMILES string of the molecule is CCN1C(=O)C(O)(C[NH3+])c2ccccc21. The number of amides is 1. The molecule has 0 spiro atoms. The second-order valence-corrected chi connectivity index (χ2v) is 3.68. The molecule has 1 unspecified atom stereocenters. The summed E-state index contributed by atoms with van der Waals surface area (Å²) in [6.45, 7) is 2.63. The van der Waals surface area contributed by atoms with Crippen LogP contribution in [0.5, 0.6) is 0 Å². The van der Waals surface area contributed by atoms with E-state index in [1.54, 1.807) is 11.0 Å². The van der Waals surface area contributed by atoms with Crippen molar-refractivity contribution in [1.29, 1.82) is 0 Å². The van der Waals surface area contributed by atoms with Gasteiger partial charge in [-0.15, -0.1) is 0 Å². The zero-order chi connectivity index (χ0) is 11.1. The summed E-state index contributed by atoms with van der Waals surface area (Å²) in [5, 5.41) is 10.3. The van der Waals surface area contributed by atoms with E-state index in [1.165, 1.54) is 0 Å². The van der Waals surface area contributed by atoms with Gasteiger partial charge in [0.1, 0.15) is 6.54 Å². The van der Waals surface area contributed by atoms with Crippen LogP contribution < -0.4 is 10.6 Å². The first-order valence-electron chi connectivity index (χ1n) is 5.08. The highest BCUT2D eigenvalue weighted by Gasteiger charge is 2.49. The van der Waals surface area contributed by atoms with E-state index in [-0.39, 0.29) is 12.5 Å². The highest BCUT2D eigenvalue weighted by Crippen LogP contribution is 2.38. The monoisotopic (exact) mass is 207 g/mol. The highest BCUT2D eigenvalue weighted by atomic mass is 16.3. The van der Waals surface area contributed by atoms with Crippen LogP contribution in [0, 0.1) is 0 Å². The topological polar surface area (TPSA) is 68.2 Å². The van der Waals surface area contributed by atoms with Gasteiger partial charge in [-0.05, 0) is 13.0 Å². The Hall–Kier alpha value is -1.39. The maximum atomic E-state index is 12.0. The Morgan fingerprint density at radius 2 is 2.13 bits per heavy atom. The smallest absolute Gasteiger partial charge is 0.269 e. The molecule has 0 radical (unpaired) electrons. The average molecular weight is 207 g/mol. The molecule has 4 heteroatoms. The molecule has 1 atom stereocenters. The van der Waals surface area contributed by atoms with Crippen LogP contribution >= 0.6 is 0 Å². The average Bonchev–Trinajstić information content (AvgIpc) is 2.50. The van der Waals surface area contributed by atoms with Crippen molar-refractivity contribution in [2.45, 2.75) is 12.5 Å². The summed E-state index contributed by atoms with van der Waals surface area (Å²) in [4.78, 5) is 13.6. The predicted octanol–water partition coefficient (Wildman–Crippen LogP) is -0.517. The summed E-state index contributed by atoms with van der Waals surface area (Å²) in [7, 11) is 0. The van der Waals surface area contributed by atoms with E-state index in [0.29, 0.717) is 12.1 Å². The molecule has 0 saturated carbocycles. The molecule has 0 bridgehead atoms. The fraction of sp³-hybridized carbons (Fsp3) is 0.364. The molecule has 4 nitrogen and oxygen atoms in total. The fourth-order valence-corrected chi connectivity index (χ4v) is 2.06. The van der Waals surface area contributed by atoms with Gasteiger partial charge in [-0.25, -0.2) is 0 Å². The van der Waals surface area contributed by atoms with Crippen molar-refractivity contribution in [2.75, 3.05) is 18.0 Å². The molecule has 1 amide bonds. The standard InChI is InChI=1S/C11H14N2O2/c1-2-13-9-6-4-3-5-8(9)11(15,7-12)10(13)14/h3-6,15H,2,7,12H2,1H3/p+1. The number of carbonyl (C=O) groups is 1. The zero-order valence-corrected chi connectivity index (χ0v) is 8.73. The largest absolute Gasteiger partial charge is 0.371 e. The number of rotatable bonds is 2. The number of hydrogen-bond acceptors (Lipinski definition) is 2. The third-order valence-electron chi connectivity index (χ3n) is 2.92. The molecule has 0 saturated heterocycles.